The third-order valence-electron chi connectivity index (χ3n) is 4.84. The molecule has 1 saturated carbocycles. The molecule has 0 amide bonds. The van der Waals surface area contributed by atoms with Crippen molar-refractivity contribution in [2.75, 3.05) is 33.4 Å². The van der Waals surface area contributed by atoms with Crippen LogP contribution in [0.4, 0.5) is 13.2 Å². The smallest absolute Gasteiger partial charge is 0.381 e. The molecule has 1 saturated heterocycles. The maximum atomic E-state index is 12.9. The van der Waals surface area contributed by atoms with Gasteiger partial charge in [0.1, 0.15) is 0 Å². The predicted octanol–water partition coefficient (Wildman–Crippen LogP) is 3.48. The van der Waals surface area contributed by atoms with Gasteiger partial charge in [-0.1, -0.05) is 6.42 Å². The molecule has 0 aromatic rings. The molecule has 26 heavy (non-hydrogen) atoms. The summed E-state index contributed by atoms with van der Waals surface area (Å²) < 4.78 is 49.7. The van der Waals surface area contributed by atoms with Crippen LogP contribution in [-0.2, 0) is 9.47 Å². The Balaban J connectivity index is 0.00000338. The van der Waals surface area contributed by atoms with E-state index in [0.29, 0.717) is 25.5 Å². The number of guanidine groups is 1. The van der Waals surface area contributed by atoms with Gasteiger partial charge in [0, 0.05) is 39.5 Å². The largest absolute Gasteiger partial charge is 0.391 e. The van der Waals surface area contributed by atoms with Crippen molar-refractivity contribution in [1.82, 2.24) is 10.6 Å². The van der Waals surface area contributed by atoms with Gasteiger partial charge in [-0.2, -0.15) is 13.2 Å². The van der Waals surface area contributed by atoms with Crippen LogP contribution in [0.25, 0.3) is 0 Å². The second kappa shape index (κ2) is 12.2. The first-order valence-electron chi connectivity index (χ1n) is 9.22. The SMILES string of the molecule is CN=C(NCCCOC1CCOCC1)NC1CCCC(C(F)(F)F)C1.I. The van der Waals surface area contributed by atoms with E-state index in [-0.39, 0.29) is 49.0 Å². The second-order valence-corrected chi connectivity index (χ2v) is 6.78. The number of aliphatic imine (C=N–C) groups is 1. The molecule has 2 rings (SSSR count). The summed E-state index contributed by atoms with van der Waals surface area (Å²) in [6, 6.07) is -0.176. The highest BCUT2D eigenvalue weighted by Crippen LogP contribution is 2.37. The highest BCUT2D eigenvalue weighted by atomic mass is 127. The number of halogens is 4. The lowest BCUT2D eigenvalue weighted by molar-refractivity contribution is -0.183. The van der Waals surface area contributed by atoms with Crippen molar-refractivity contribution in [3.63, 3.8) is 0 Å². The van der Waals surface area contributed by atoms with Gasteiger partial charge >= 0.3 is 6.18 Å². The Hall–Kier alpha value is -0.290. The zero-order valence-corrected chi connectivity index (χ0v) is 17.6. The zero-order valence-electron chi connectivity index (χ0n) is 15.3. The molecule has 2 N–H and O–H groups in total. The Kier molecular flexibility index (Phi) is 11.2. The van der Waals surface area contributed by atoms with Crippen LogP contribution in [0.5, 0.6) is 0 Å². The van der Waals surface area contributed by atoms with Gasteiger partial charge in [-0.25, -0.2) is 0 Å². The molecular formula is C17H31F3IN3O2. The van der Waals surface area contributed by atoms with E-state index >= 15 is 0 Å². The van der Waals surface area contributed by atoms with Crippen LogP contribution < -0.4 is 10.6 Å². The van der Waals surface area contributed by atoms with Crippen molar-refractivity contribution in [2.45, 2.75) is 63.3 Å². The Morgan fingerprint density at radius 3 is 2.58 bits per heavy atom. The molecule has 1 aliphatic carbocycles. The van der Waals surface area contributed by atoms with Crippen molar-refractivity contribution in [1.29, 1.82) is 0 Å². The van der Waals surface area contributed by atoms with Crippen molar-refractivity contribution < 1.29 is 22.6 Å². The second-order valence-electron chi connectivity index (χ2n) is 6.78. The van der Waals surface area contributed by atoms with E-state index in [1.54, 1.807) is 7.05 Å². The normalized spacial score (nSPS) is 25.5. The average molecular weight is 493 g/mol. The first-order chi connectivity index (χ1) is 12.0. The quantitative estimate of drug-likeness (QED) is 0.258. The lowest BCUT2D eigenvalue weighted by Gasteiger charge is -2.31. The van der Waals surface area contributed by atoms with Crippen LogP contribution in [0.3, 0.4) is 0 Å². The Morgan fingerprint density at radius 1 is 1.19 bits per heavy atom. The van der Waals surface area contributed by atoms with Crippen LogP contribution in [0, 0.1) is 5.92 Å². The molecule has 0 spiro atoms. The van der Waals surface area contributed by atoms with E-state index in [1.165, 1.54) is 0 Å². The Labute approximate surface area is 170 Å². The summed E-state index contributed by atoms with van der Waals surface area (Å²) in [6.45, 7) is 2.87. The van der Waals surface area contributed by atoms with Gasteiger partial charge < -0.3 is 20.1 Å². The fourth-order valence-electron chi connectivity index (χ4n) is 3.38. The average Bonchev–Trinajstić information content (AvgIpc) is 2.61. The van der Waals surface area contributed by atoms with Gasteiger partial charge in [0.15, 0.2) is 5.96 Å². The monoisotopic (exact) mass is 493 g/mol. The fraction of sp³-hybridized carbons (Fsp3) is 0.941. The summed E-state index contributed by atoms with van der Waals surface area (Å²) >= 11 is 0. The van der Waals surface area contributed by atoms with Gasteiger partial charge in [-0.15, -0.1) is 24.0 Å². The highest BCUT2D eigenvalue weighted by molar-refractivity contribution is 14.0. The molecule has 0 aromatic heterocycles. The molecule has 0 aromatic carbocycles. The number of hydrogen-bond acceptors (Lipinski definition) is 3. The molecule has 2 atom stereocenters. The number of nitrogens with zero attached hydrogens (tertiary/aromatic N) is 1. The Bertz CT molecular complexity index is 419. The molecule has 2 fully saturated rings. The standard InChI is InChI=1S/C17H30F3N3O2.HI/c1-21-16(22-8-3-9-25-15-6-10-24-11-7-15)23-14-5-2-4-13(12-14)17(18,19)20;/h13-15H,2-12H2,1H3,(H2,21,22,23);1H. The highest BCUT2D eigenvalue weighted by Gasteiger charge is 2.42. The van der Waals surface area contributed by atoms with Crippen molar-refractivity contribution in [3.05, 3.63) is 0 Å². The minimum absolute atomic E-state index is 0. The Morgan fingerprint density at radius 2 is 1.92 bits per heavy atom. The van der Waals surface area contributed by atoms with E-state index in [9.17, 15) is 13.2 Å². The summed E-state index contributed by atoms with van der Waals surface area (Å²) in [6.07, 6.45) is 0.601. The molecular weight excluding hydrogens is 462 g/mol. The van der Waals surface area contributed by atoms with Crippen LogP contribution in [0.15, 0.2) is 4.99 Å². The van der Waals surface area contributed by atoms with Crippen LogP contribution >= 0.6 is 24.0 Å². The van der Waals surface area contributed by atoms with Gasteiger partial charge in [0.2, 0.25) is 0 Å². The van der Waals surface area contributed by atoms with Gasteiger partial charge in [0.25, 0.3) is 0 Å². The molecule has 0 radical (unpaired) electrons. The summed E-state index contributed by atoms with van der Waals surface area (Å²) in [5, 5.41) is 6.29. The minimum atomic E-state index is -4.10. The summed E-state index contributed by atoms with van der Waals surface area (Å²) in [5.74, 6) is -0.636. The first kappa shape index (κ1) is 23.7. The maximum absolute atomic E-state index is 12.9. The topological polar surface area (TPSA) is 54.9 Å². The minimum Gasteiger partial charge on any atom is -0.381 e. The number of nitrogens with one attached hydrogen (secondary N) is 2. The van der Waals surface area contributed by atoms with E-state index in [4.69, 9.17) is 9.47 Å². The summed E-state index contributed by atoms with van der Waals surface area (Å²) in [4.78, 5) is 4.11. The molecule has 154 valence electrons. The van der Waals surface area contributed by atoms with Crippen LogP contribution in [-0.4, -0.2) is 57.7 Å². The van der Waals surface area contributed by atoms with Crippen LogP contribution in [0.2, 0.25) is 0 Å². The zero-order chi connectivity index (χ0) is 18.1. The number of ether oxygens (including phenoxy) is 2. The van der Waals surface area contributed by atoms with E-state index in [1.807, 2.05) is 0 Å². The van der Waals surface area contributed by atoms with E-state index in [0.717, 1.165) is 38.9 Å². The van der Waals surface area contributed by atoms with Gasteiger partial charge in [0.05, 0.1) is 12.0 Å². The predicted molar refractivity (Wildman–Crippen MR) is 106 cm³/mol. The number of rotatable bonds is 6. The third kappa shape index (κ3) is 8.60. The van der Waals surface area contributed by atoms with Gasteiger partial charge in [-0.05, 0) is 38.5 Å². The van der Waals surface area contributed by atoms with Crippen molar-refractivity contribution in [2.24, 2.45) is 10.9 Å². The van der Waals surface area contributed by atoms with Gasteiger partial charge in [-0.3, -0.25) is 4.99 Å². The van der Waals surface area contributed by atoms with Crippen molar-refractivity contribution in [3.8, 4) is 0 Å². The molecule has 1 heterocycles. The lowest BCUT2D eigenvalue weighted by atomic mass is 9.85. The lowest BCUT2D eigenvalue weighted by Crippen LogP contribution is -2.47. The number of alkyl halides is 3. The van der Waals surface area contributed by atoms with Crippen molar-refractivity contribution >= 4 is 29.9 Å². The van der Waals surface area contributed by atoms with E-state index in [2.05, 4.69) is 15.6 Å². The molecule has 5 nitrogen and oxygen atoms in total. The fourth-order valence-corrected chi connectivity index (χ4v) is 3.38. The molecule has 2 unspecified atom stereocenters. The summed E-state index contributed by atoms with van der Waals surface area (Å²) in [5.41, 5.74) is 0. The van der Waals surface area contributed by atoms with E-state index < -0.39 is 12.1 Å². The summed E-state index contributed by atoms with van der Waals surface area (Å²) in [7, 11) is 1.64. The third-order valence-corrected chi connectivity index (χ3v) is 4.84. The molecule has 9 heteroatoms. The van der Waals surface area contributed by atoms with Crippen LogP contribution in [0.1, 0.15) is 44.9 Å². The first-order valence-corrected chi connectivity index (χ1v) is 9.22. The molecule has 0 bridgehead atoms. The molecule has 2 aliphatic rings. The molecule has 1 aliphatic heterocycles. The maximum Gasteiger partial charge on any atom is 0.391 e. The number of hydrogen-bond donors (Lipinski definition) is 2.